The quantitative estimate of drug-likeness (QED) is 0.583. The van der Waals surface area contributed by atoms with Crippen LogP contribution >= 0.6 is 11.8 Å². The van der Waals surface area contributed by atoms with E-state index in [0.29, 0.717) is 0 Å². The molecule has 4 heteroatoms. The summed E-state index contributed by atoms with van der Waals surface area (Å²) in [5, 5.41) is 0. The van der Waals surface area contributed by atoms with E-state index in [1.54, 1.807) is 0 Å². The molecule has 1 saturated heterocycles. The van der Waals surface area contributed by atoms with Crippen molar-refractivity contribution in [3.63, 3.8) is 0 Å². The Hall–Kier alpha value is -0.580. The Bertz CT molecular complexity index is 489. The number of thioether (sulfide) groups is 1. The van der Waals surface area contributed by atoms with Crippen molar-refractivity contribution in [2.45, 2.75) is 64.0 Å². The van der Waals surface area contributed by atoms with Gasteiger partial charge in [-0.2, -0.15) is 11.8 Å². The second-order valence-electron chi connectivity index (χ2n) is 8.24. The van der Waals surface area contributed by atoms with Crippen molar-refractivity contribution >= 4 is 11.8 Å². The van der Waals surface area contributed by atoms with Crippen molar-refractivity contribution in [3.8, 4) is 0 Å². The van der Waals surface area contributed by atoms with E-state index in [0.717, 1.165) is 18.5 Å². The molecule has 2 aliphatic rings. The van der Waals surface area contributed by atoms with Crippen LogP contribution in [0.5, 0.6) is 0 Å². The SMILES string of the molecule is CSCCCN(Cc1cccnc1)CC1CCCN(C2CCCCC2)C1. The predicted octanol–water partition coefficient (Wildman–Crippen LogP) is 4.68. The van der Waals surface area contributed by atoms with E-state index >= 15 is 0 Å². The number of piperidine rings is 1. The Morgan fingerprint density at radius 3 is 2.85 bits per heavy atom. The third kappa shape index (κ3) is 6.54. The highest BCUT2D eigenvalue weighted by Gasteiger charge is 2.27. The van der Waals surface area contributed by atoms with Gasteiger partial charge in [-0.3, -0.25) is 9.88 Å². The zero-order chi connectivity index (χ0) is 18.0. The molecule has 2 heterocycles. The van der Waals surface area contributed by atoms with Gasteiger partial charge in [-0.1, -0.05) is 25.3 Å². The van der Waals surface area contributed by atoms with E-state index in [2.05, 4.69) is 33.2 Å². The molecule has 0 amide bonds. The lowest BCUT2D eigenvalue weighted by molar-refractivity contribution is 0.0788. The maximum absolute atomic E-state index is 4.32. The van der Waals surface area contributed by atoms with Gasteiger partial charge >= 0.3 is 0 Å². The monoisotopic (exact) mass is 375 g/mol. The molecule has 0 radical (unpaired) electrons. The smallest absolute Gasteiger partial charge is 0.0312 e. The molecule has 2 fully saturated rings. The van der Waals surface area contributed by atoms with Crippen molar-refractivity contribution in [2.75, 3.05) is 38.2 Å². The van der Waals surface area contributed by atoms with Gasteiger partial charge in [0.05, 0.1) is 0 Å². The molecule has 0 N–H and O–H groups in total. The minimum atomic E-state index is 0.844. The van der Waals surface area contributed by atoms with Gasteiger partial charge in [-0.05, 0) is 74.7 Å². The fourth-order valence-corrected chi connectivity index (χ4v) is 5.22. The molecule has 0 bridgehead atoms. The van der Waals surface area contributed by atoms with E-state index in [1.807, 2.05) is 24.2 Å². The predicted molar refractivity (Wildman–Crippen MR) is 114 cm³/mol. The van der Waals surface area contributed by atoms with E-state index in [9.17, 15) is 0 Å². The molecular formula is C22H37N3S. The lowest BCUT2D eigenvalue weighted by atomic mass is 9.90. The molecule has 0 aromatic carbocycles. The maximum atomic E-state index is 4.32. The molecule has 1 aliphatic carbocycles. The first-order valence-corrected chi connectivity index (χ1v) is 12.1. The summed E-state index contributed by atoms with van der Waals surface area (Å²) in [5.74, 6) is 2.11. The van der Waals surface area contributed by atoms with Gasteiger partial charge in [-0.25, -0.2) is 0 Å². The first-order valence-electron chi connectivity index (χ1n) is 10.7. The van der Waals surface area contributed by atoms with Crippen LogP contribution in [0.3, 0.4) is 0 Å². The normalized spacial score (nSPS) is 22.8. The molecule has 1 aromatic rings. The van der Waals surface area contributed by atoms with E-state index in [1.165, 1.54) is 88.9 Å². The Balaban J connectivity index is 1.53. The highest BCUT2D eigenvalue weighted by Crippen LogP contribution is 2.27. The molecule has 0 spiro atoms. The van der Waals surface area contributed by atoms with Gasteiger partial charge in [0, 0.05) is 38.1 Å². The van der Waals surface area contributed by atoms with Gasteiger partial charge in [0.25, 0.3) is 0 Å². The van der Waals surface area contributed by atoms with Crippen LogP contribution in [0.2, 0.25) is 0 Å². The maximum Gasteiger partial charge on any atom is 0.0312 e. The van der Waals surface area contributed by atoms with Crippen LogP contribution in [-0.4, -0.2) is 59.0 Å². The van der Waals surface area contributed by atoms with Gasteiger partial charge < -0.3 is 4.90 Å². The van der Waals surface area contributed by atoms with Gasteiger partial charge in [0.15, 0.2) is 0 Å². The largest absolute Gasteiger partial charge is 0.300 e. The number of likely N-dealkylation sites (tertiary alicyclic amines) is 1. The Kier molecular flexibility index (Phi) is 8.77. The molecule has 1 saturated carbocycles. The lowest BCUT2D eigenvalue weighted by Crippen LogP contribution is -2.46. The Morgan fingerprint density at radius 1 is 1.19 bits per heavy atom. The van der Waals surface area contributed by atoms with Crippen molar-refractivity contribution in [1.82, 2.24) is 14.8 Å². The molecule has 1 unspecified atom stereocenters. The van der Waals surface area contributed by atoms with Crippen molar-refractivity contribution < 1.29 is 0 Å². The number of hydrogen-bond acceptors (Lipinski definition) is 4. The van der Waals surface area contributed by atoms with Crippen molar-refractivity contribution in [2.24, 2.45) is 5.92 Å². The fourth-order valence-electron chi connectivity index (χ4n) is 4.81. The average Bonchev–Trinajstić information content (AvgIpc) is 2.70. The topological polar surface area (TPSA) is 19.4 Å². The van der Waals surface area contributed by atoms with E-state index in [-0.39, 0.29) is 0 Å². The third-order valence-electron chi connectivity index (χ3n) is 6.11. The molecule has 26 heavy (non-hydrogen) atoms. The Labute approximate surface area is 164 Å². The van der Waals surface area contributed by atoms with Crippen molar-refractivity contribution in [1.29, 1.82) is 0 Å². The van der Waals surface area contributed by atoms with Gasteiger partial charge in [0.2, 0.25) is 0 Å². The summed E-state index contributed by atoms with van der Waals surface area (Å²) in [7, 11) is 0. The molecule has 1 aliphatic heterocycles. The summed E-state index contributed by atoms with van der Waals surface area (Å²) in [4.78, 5) is 9.86. The van der Waals surface area contributed by atoms with Crippen LogP contribution in [-0.2, 0) is 6.54 Å². The number of nitrogens with zero attached hydrogens (tertiary/aromatic N) is 3. The summed E-state index contributed by atoms with van der Waals surface area (Å²) in [5.41, 5.74) is 1.36. The molecule has 3 rings (SSSR count). The molecule has 1 aromatic heterocycles. The number of pyridine rings is 1. The summed E-state index contributed by atoms with van der Waals surface area (Å²) in [6.45, 7) is 6.21. The average molecular weight is 376 g/mol. The van der Waals surface area contributed by atoms with Crippen LogP contribution < -0.4 is 0 Å². The lowest BCUT2D eigenvalue weighted by Gasteiger charge is -2.41. The van der Waals surface area contributed by atoms with Crippen LogP contribution in [0.25, 0.3) is 0 Å². The number of aromatic nitrogens is 1. The zero-order valence-electron chi connectivity index (χ0n) is 16.6. The standard InChI is InChI=1S/C22H37N3S/c1-26-15-7-13-24(17-20-8-5-12-23-16-20)18-21-9-6-14-25(19-21)22-10-3-2-4-11-22/h5,8,12,16,21-22H,2-4,6-7,9-11,13-15,17-19H2,1H3. The second kappa shape index (κ2) is 11.3. The fraction of sp³-hybridized carbons (Fsp3) is 0.773. The summed E-state index contributed by atoms with van der Waals surface area (Å²) < 4.78 is 0. The van der Waals surface area contributed by atoms with Gasteiger partial charge in [0.1, 0.15) is 0 Å². The first-order chi connectivity index (χ1) is 12.8. The third-order valence-corrected chi connectivity index (χ3v) is 6.81. The second-order valence-corrected chi connectivity index (χ2v) is 9.22. The first kappa shape index (κ1) is 20.2. The highest BCUT2D eigenvalue weighted by atomic mass is 32.2. The van der Waals surface area contributed by atoms with Crippen LogP contribution in [0.4, 0.5) is 0 Å². The summed E-state index contributed by atoms with van der Waals surface area (Å²) in [6.07, 6.45) is 17.5. The van der Waals surface area contributed by atoms with Gasteiger partial charge in [-0.15, -0.1) is 0 Å². The van der Waals surface area contributed by atoms with Crippen LogP contribution in [0.15, 0.2) is 24.5 Å². The minimum absolute atomic E-state index is 0.844. The number of rotatable bonds is 9. The summed E-state index contributed by atoms with van der Waals surface area (Å²) >= 11 is 1.97. The van der Waals surface area contributed by atoms with E-state index < -0.39 is 0 Å². The molecule has 3 nitrogen and oxygen atoms in total. The minimum Gasteiger partial charge on any atom is -0.300 e. The van der Waals surface area contributed by atoms with Crippen LogP contribution in [0.1, 0.15) is 56.9 Å². The van der Waals surface area contributed by atoms with Crippen molar-refractivity contribution in [3.05, 3.63) is 30.1 Å². The molecule has 1 atom stereocenters. The van der Waals surface area contributed by atoms with Crippen LogP contribution in [0, 0.1) is 5.92 Å². The molecule has 146 valence electrons. The highest BCUT2D eigenvalue weighted by molar-refractivity contribution is 7.98. The zero-order valence-corrected chi connectivity index (χ0v) is 17.4. The number of hydrogen-bond donors (Lipinski definition) is 0. The summed E-state index contributed by atoms with van der Waals surface area (Å²) in [6, 6.07) is 5.18. The Morgan fingerprint density at radius 2 is 2.08 bits per heavy atom. The van der Waals surface area contributed by atoms with E-state index in [4.69, 9.17) is 0 Å². The molecular weight excluding hydrogens is 338 g/mol.